The lowest BCUT2D eigenvalue weighted by Crippen LogP contribution is -2.41. The van der Waals surface area contributed by atoms with Crippen LogP contribution in [0, 0.1) is 12.8 Å². The molecule has 0 saturated carbocycles. The largest absolute Gasteiger partial charge is 0.493 e. The highest BCUT2D eigenvalue weighted by Gasteiger charge is 2.26. The number of amides is 1. The lowest BCUT2D eigenvalue weighted by Gasteiger charge is -2.32. The Balaban J connectivity index is 1.61. The zero-order valence-electron chi connectivity index (χ0n) is 20.8. The third kappa shape index (κ3) is 6.17. The highest BCUT2D eigenvalue weighted by atomic mass is 32.1. The summed E-state index contributed by atoms with van der Waals surface area (Å²) in [4.78, 5) is 38.9. The summed E-state index contributed by atoms with van der Waals surface area (Å²) in [7, 11) is 3.16. The van der Waals surface area contributed by atoms with Crippen LogP contribution in [0.25, 0.3) is 0 Å². The van der Waals surface area contributed by atoms with Crippen LogP contribution < -0.4 is 30.7 Å². The molecule has 1 aliphatic rings. The van der Waals surface area contributed by atoms with Crippen LogP contribution in [0.5, 0.6) is 11.5 Å². The molecule has 13 heteroatoms. The van der Waals surface area contributed by atoms with Crippen molar-refractivity contribution in [2.45, 2.75) is 26.3 Å². The molecule has 1 amide bonds. The van der Waals surface area contributed by atoms with Gasteiger partial charge in [0.05, 0.1) is 25.8 Å². The second-order valence-electron chi connectivity index (χ2n) is 8.53. The molecule has 196 valence electrons. The van der Waals surface area contributed by atoms with Crippen LogP contribution in [-0.4, -0.2) is 59.2 Å². The van der Waals surface area contributed by atoms with Gasteiger partial charge in [-0.2, -0.15) is 9.97 Å². The molecule has 3 aromatic rings. The number of aromatic nitrogens is 3. The standard InChI is InChI=1S/C24H29N7O5S/c1-13-20(22(33)34)37-24(27-13)30-23-28-18(26-11-14-6-7-16(35-2)17(9-14)36-3)10-19(29-23)31-8-4-5-15(12-31)21(25)32/h6-7,9-10,15H,4-5,8,11-12H2,1-3H3,(H2,25,32)(H,33,34)(H2,26,27,28,29,30). The summed E-state index contributed by atoms with van der Waals surface area (Å²) in [6.45, 7) is 3.26. The van der Waals surface area contributed by atoms with E-state index < -0.39 is 5.97 Å². The Morgan fingerprint density at radius 3 is 2.65 bits per heavy atom. The second kappa shape index (κ2) is 11.3. The number of nitrogens with two attached hydrogens (primary N) is 1. The Bertz CT molecular complexity index is 1300. The fourth-order valence-corrected chi connectivity index (χ4v) is 4.89. The van der Waals surface area contributed by atoms with Crippen molar-refractivity contribution in [3.05, 3.63) is 40.4 Å². The van der Waals surface area contributed by atoms with E-state index in [1.165, 1.54) is 0 Å². The Morgan fingerprint density at radius 1 is 1.19 bits per heavy atom. The lowest BCUT2D eigenvalue weighted by molar-refractivity contribution is -0.122. The molecular weight excluding hydrogens is 498 g/mol. The molecule has 1 atom stereocenters. The molecule has 5 N–H and O–H groups in total. The van der Waals surface area contributed by atoms with Gasteiger partial charge in [-0.3, -0.25) is 10.1 Å². The molecule has 4 rings (SSSR count). The number of piperidine rings is 1. The summed E-state index contributed by atoms with van der Waals surface area (Å²) in [6, 6.07) is 7.44. The normalized spacial score (nSPS) is 15.2. The van der Waals surface area contributed by atoms with E-state index in [1.54, 1.807) is 21.1 Å². The number of aromatic carboxylic acids is 1. The number of methoxy groups -OCH3 is 2. The minimum Gasteiger partial charge on any atom is -0.493 e. The van der Waals surface area contributed by atoms with Crippen molar-refractivity contribution in [2.75, 3.05) is 42.8 Å². The molecule has 0 radical (unpaired) electrons. The van der Waals surface area contributed by atoms with Gasteiger partial charge in [-0.1, -0.05) is 17.4 Å². The molecule has 1 aliphatic heterocycles. The lowest BCUT2D eigenvalue weighted by atomic mass is 9.97. The van der Waals surface area contributed by atoms with Gasteiger partial charge in [0, 0.05) is 25.7 Å². The molecule has 1 saturated heterocycles. The Kier molecular flexibility index (Phi) is 7.92. The van der Waals surface area contributed by atoms with Crippen molar-refractivity contribution in [3.63, 3.8) is 0 Å². The Hall–Kier alpha value is -4.13. The van der Waals surface area contributed by atoms with Crippen molar-refractivity contribution >= 4 is 45.9 Å². The molecule has 12 nitrogen and oxygen atoms in total. The van der Waals surface area contributed by atoms with Crippen LogP contribution in [0.15, 0.2) is 24.3 Å². The average Bonchev–Trinajstić information content (AvgIpc) is 3.27. The van der Waals surface area contributed by atoms with E-state index in [9.17, 15) is 14.7 Å². The predicted molar refractivity (Wildman–Crippen MR) is 140 cm³/mol. The quantitative estimate of drug-likeness (QED) is 0.306. The number of carboxylic acid groups (broad SMARTS) is 1. The zero-order valence-corrected chi connectivity index (χ0v) is 21.6. The molecule has 0 aliphatic carbocycles. The summed E-state index contributed by atoms with van der Waals surface area (Å²) >= 11 is 1.01. The molecular formula is C24H29N7O5S. The summed E-state index contributed by atoms with van der Waals surface area (Å²) in [5.74, 6) is 1.02. The third-order valence-electron chi connectivity index (χ3n) is 5.99. The topological polar surface area (TPSA) is 165 Å². The van der Waals surface area contributed by atoms with Crippen molar-refractivity contribution in [1.82, 2.24) is 15.0 Å². The molecule has 2 aromatic heterocycles. The number of rotatable bonds is 10. The number of carbonyl (C=O) groups excluding carboxylic acids is 1. The van der Waals surface area contributed by atoms with Crippen LogP contribution >= 0.6 is 11.3 Å². The van der Waals surface area contributed by atoms with Gasteiger partial charge in [-0.25, -0.2) is 9.78 Å². The fraction of sp³-hybridized carbons (Fsp3) is 0.375. The molecule has 3 heterocycles. The van der Waals surface area contributed by atoms with Gasteiger partial charge >= 0.3 is 5.97 Å². The van der Waals surface area contributed by atoms with E-state index in [2.05, 4.69) is 25.6 Å². The first-order valence-electron chi connectivity index (χ1n) is 11.6. The Morgan fingerprint density at radius 2 is 1.97 bits per heavy atom. The van der Waals surface area contributed by atoms with Gasteiger partial charge in [0.15, 0.2) is 16.6 Å². The summed E-state index contributed by atoms with van der Waals surface area (Å²) in [5, 5.41) is 16.1. The number of hydrogen-bond donors (Lipinski definition) is 4. The number of thiazole rings is 1. The maximum atomic E-state index is 11.8. The predicted octanol–water partition coefficient (Wildman–Crippen LogP) is 3.01. The first kappa shape index (κ1) is 25.9. The van der Waals surface area contributed by atoms with Crippen LogP contribution in [-0.2, 0) is 11.3 Å². The van der Waals surface area contributed by atoms with Gasteiger partial charge < -0.3 is 30.5 Å². The minimum atomic E-state index is -1.04. The number of benzene rings is 1. The number of hydrogen-bond acceptors (Lipinski definition) is 11. The number of nitrogens with zero attached hydrogens (tertiary/aromatic N) is 4. The van der Waals surface area contributed by atoms with Gasteiger partial charge in [0.2, 0.25) is 11.9 Å². The monoisotopic (exact) mass is 527 g/mol. The number of carboxylic acids is 1. The van der Waals surface area contributed by atoms with Crippen LogP contribution in [0.3, 0.4) is 0 Å². The first-order chi connectivity index (χ1) is 17.8. The van der Waals surface area contributed by atoms with E-state index in [4.69, 9.17) is 15.2 Å². The van der Waals surface area contributed by atoms with E-state index in [1.807, 2.05) is 29.2 Å². The van der Waals surface area contributed by atoms with Gasteiger partial charge in [0.1, 0.15) is 16.5 Å². The van der Waals surface area contributed by atoms with Crippen LogP contribution in [0.4, 0.5) is 22.7 Å². The second-order valence-corrected chi connectivity index (χ2v) is 9.53. The zero-order chi connectivity index (χ0) is 26.5. The molecule has 0 spiro atoms. The summed E-state index contributed by atoms with van der Waals surface area (Å²) in [5.41, 5.74) is 6.92. The Labute approximate surface area is 217 Å². The van der Waals surface area contributed by atoms with E-state index in [-0.39, 0.29) is 22.7 Å². The van der Waals surface area contributed by atoms with Crippen molar-refractivity contribution in [2.24, 2.45) is 11.7 Å². The fourth-order valence-electron chi connectivity index (χ4n) is 4.09. The van der Waals surface area contributed by atoms with Gasteiger partial charge in [-0.05, 0) is 37.5 Å². The van der Waals surface area contributed by atoms with E-state index in [0.29, 0.717) is 47.0 Å². The van der Waals surface area contributed by atoms with Crippen molar-refractivity contribution in [3.8, 4) is 11.5 Å². The van der Waals surface area contributed by atoms with Crippen molar-refractivity contribution < 1.29 is 24.2 Å². The van der Waals surface area contributed by atoms with E-state index in [0.717, 1.165) is 36.3 Å². The van der Waals surface area contributed by atoms with Crippen LogP contribution in [0.2, 0.25) is 0 Å². The number of nitrogens with one attached hydrogen (secondary N) is 2. The van der Waals surface area contributed by atoms with Crippen LogP contribution in [0.1, 0.15) is 33.8 Å². The van der Waals surface area contributed by atoms with Crippen molar-refractivity contribution in [1.29, 1.82) is 0 Å². The summed E-state index contributed by atoms with van der Waals surface area (Å²) in [6.07, 6.45) is 1.55. The minimum absolute atomic E-state index is 0.144. The number of anilines is 4. The maximum absolute atomic E-state index is 11.8. The molecule has 1 aromatic carbocycles. The smallest absolute Gasteiger partial charge is 0.347 e. The SMILES string of the molecule is COc1ccc(CNc2cc(N3CCCC(C(N)=O)C3)nc(Nc3nc(C)c(C(=O)O)s3)n2)cc1OC. The molecule has 1 fully saturated rings. The average molecular weight is 528 g/mol. The molecule has 37 heavy (non-hydrogen) atoms. The third-order valence-corrected chi connectivity index (χ3v) is 7.05. The molecule has 1 unspecified atom stereocenters. The number of aryl methyl sites for hydroxylation is 1. The van der Waals surface area contributed by atoms with E-state index >= 15 is 0 Å². The summed E-state index contributed by atoms with van der Waals surface area (Å²) < 4.78 is 10.7. The maximum Gasteiger partial charge on any atom is 0.347 e. The number of primary amides is 1. The number of ether oxygens (including phenoxy) is 2. The van der Waals surface area contributed by atoms with Gasteiger partial charge in [0.25, 0.3) is 0 Å². The van der Waals surface area contributed by atoms with Gasteiger partial charge in [-0.15, -0.1) is 0 Å². The number of carbonyl (C=O) groups is 2. The highest BCUT2D eigenvalue weighted by Crippen LogP contribution is 2.30. The first-order valence-corrected chi connectivity index (χ1v) is 12.4. The highest BCUT2D eigenvalue weighted by molar-refractivity contribution is 7.17. The molecule has 0 bridgehead atoms.